The highest BCUT2D eigenvalue weighted by Gasteiger charge is 2.43. The summed E-state index contributed by atoms with van der Waals surface area (Å²) in [6, 6.07) is 15.8. The normalized spacial score (nSPS) is 18.9. The third-order valence-electron chi connectivity index (χ3n) is 5.88. The van der Waals surface area contributed by atoms with Gasteiger partial charge in [-0.15, -0.1) is 0 Å². The number of amides is 1. The summed E-state index contributed by atoms with van der Waals surface area (Å²) >= 11 is 11.6. The summed E-state index contributed by atoms with van der Waals surface area (Å²) in [7, 11) is 0. The van der Waals surface area contributed by atoms with Crippen LogP contribution in [0.4, 0.5) is 0 Å². The maximum Gasteiger partial charge on any atom is 0.329 e. The average molecular weight is 551 g/mol. The number of nitrogens with two attached hydrogens (primary N) is 2. The van der Waals surface area contributed by atoms with Gasteiger partial charge in [-0.25, -0.2) is 10.6 Å². The number of hydrazine groups is 1. The third-order valence-corrected chi connectivity index (χ3v) is 6.38. The van der Waals surface area contributed by atoms with Crippen molar-refractivity contribution < 1.29 is 14.3 Å². The molecule has 3 rings (SSSR count). The highest BCUT2D eigenvalue weighted by atomic mass is 35.5. The molecule has 1 saturated heterocycles. The molecule has 202 valence electrons. The van der Waals surface area contributed by atoms with E-state index in [4.69, 9.17) is 39.6 Å². The molecule has 0 bridgehead atoms. The molecule has 0 aromatic heterocycles. The fraction of sp³-hybridized carbons (Fsp3) is 0.444. The molecule has 1 amide bonds. The van der Waals surface area contributed by atoms with Crippen LogP contribution in [0.1, 0.15) is 65.0 Å². The number of ether oxygens (including phenoxy) is 1. The monoisotopic (exact) mass is 549 g/mol. The molecule has 1 heterocycles. The van der Waals surface area contributed by atoms with Gasteiger partial charge in [-0.2, -0.15) is 5.10 Å². The average Bonchev–Trinajstić information content (AvgIpc) is 2.85. The molecule has 2 aromatic carbocycles. The second-order valence-corrected chi connectivity index (χ2v) is 10.6. The van der Waals surface area contributed by atoms with Gasteiger partial charge in [0.2, 0.25) is 5.91 Å². The molecular weight excluding hydrogens is 513 g/mol. The van der Waals surface area contributed by atoms with Crippen molar-refractivity contribution in [3.8, 4) is 0 Å². The smallest absolute Gasteiger partial charge is 0.329 e. The molecule has 0 radical (unpaired) electrons. The van der Waals surface area contributed by atoms with Gasteiger partial charge in [0.15, 0.2) is 0 Å². The van der Waals surface area contributed by atoms with Crippen molar-refractivity contribution in [2.24, 2.45) is 22.7 Å². The van der Waals surface area contributed by atoms with E-state index in [1.807, 2.05) is 70.2 Å². The van der Waals surface area contributed by atoms with E-state index < -0.39 is 17.6 Å². The SMILES string of the molecule is CCC(C(=O)OC(C)(C)C)N1C(=O)C(C/C(=N/N)NN)CCC1c1ccc(Cl)cc1.Clc1ccccc1. The van der Waals surface area contributed by atoms with Gasteiger partial charge < -0.3 is 20.9 Å². The summed E-state index contributed by atoms with van der Waals surface area (Å²) in [5.74, 6) is 10.2. The van der Waals surface area contributed by atoms with E-state index in [0.717, 1.165) is 10.6 Å². The van der Waals surface area contributed by atoms with Crippen LogP contribution < -0.4 is 17.1 Å². The number of hydrogen-bond donors (Lipinski definition) is 3. The first-order valence-corrected chi connectivity index (χ1v) is 13.0. The lowest BCUT2D eigenvalue weighted by Crippen LogP contribution is -2.53. The number of nitrogens with one attached hydrogen (secondary N) is 1. The summed E-state index contributed by atoms with van der Waals surface area (Å²) in [5, 5.41) is 5.01. The first-order chi connectivity index (χ1) is 17.5. The number of benzene rings is 2. The van der Waals surface area contributed by atoms with Gasteiger partial charge in [0.05, 0.1) is 6.04 Å². The number of amidine groups is 1. The zero-order valence-electron chi connectivity index (χ0n) is 21.8. The van der Waals surface area contributed by atoms with Crippen LogP contribution in [0.15, 0.2) is 59.7 Å². The molecule has 1 fully saturated rings. The second kappa shape index (κ2) is 14.2. The predicted molar refractivity (Wildman–Crippen MR) is 149 cm³/mol. The van der Waals surface area contributed by atoms with E-state index >= 15 is 0 Å². The zero-order chi connectivity index (χ0) is 27.6. The number of carbonyl (C=O) groups excluding carboxylic acids is 2. The highest BCUT2D eigenvalue weighted by Crippen LogP contribution is 2.38. The van der Waals surface area contributed by atoms with Crippen LogP contribution in [0.3, 0.4) is 0 Å². The van der Waals surface area contributed by atoms with Crippen LogP contribution >= 0.6 is 23.2 Å². The Balaban J connectivity index is 0.000000591. The van der Waals surface area contributed by atoms with Crippen molar-refractivity contribution in [1.29, 1.82) is 0 Å². The number of halogens is 2. The minimum absolute atomic E-state index is 0.143. The predicted octanol–water partition coefficient (Wildman–Crippen LogP) is 5.21. The largest absolute Gasteiger partial charge is 0.458 e. The molecule has 1 aliphatic heterocycles. The fourth-order valence-corrected chi connectivity index (χ4v) is 4.47. The van der Waals surface area contributed by atoms with Gasteiger partial charge in [0.25, 0.3) is 0 Å². The van der Waals surface area contributed by atoms with Crippen molar-refractivity contribution in [2.75, 3.05) is 0 Å². The summed E-state index contributed by atoms with van der Waals surface area (Å²) in [6.07, 6.45) is 2.01. The van der Waals surface area contributed by atoms with E-state index in [9.17, 15) is 9.59 Å². The Hall–Kier alpha value is -2.81. The summed E-state index contributed by atoms with van der Waals surface area (Å²) in [5.41, 5.74) is 2.71. The molecule has 3 atom stereocenters. The number of rotatable bonds is 6. The Bertz CT molecular complexity index is 1040. The first-order valence-electron chi connectivity index (χ1n) is 12.2. The van der Waals surface area contributed by atoms with Crippen molar-refractivity contribution >= 4 is 40.9 Å². The van der Waals surface area contributed by atoms with Gasteiger partial charge >= 0.3 is 5.97 Å². The molecule has 3 unspecified atom stereocenters. The van der Waals surface area contributed by atoms with E-state index in [1.165, 1.54) is 0 Å². The Morgan fingerprint density at radius 2 is 1.70 bits per heavy atom. The van der Waals surface area contributed by atoms with Crippen LogP contribution in [0, 0.1) is 5.92 Å². The molecule has 37 heavy (non-hydrogen) atoms. The van der Waals surface area contributed by atoms with Crippen LogP contribution in [-0.4, -0.2) is 34.3 Å². The standard InChI is InChI=1S/C21H32ClN5O3.C6H5Cl/c1-5-16(20(29)30-21(2,3)4)27-17(13-6-9-15(22)10-7-13)11-8-14(19(27)28)12-18(25-23)26-24;7-6-4-2-1-3-5-6/h6-7,9-10,14,16-17H,5,8,11-12,23-24H2,1-4H3,(H,25,26);1-5H. The van der Waals surface area contributed by atoms with Crippen molar-refractivity contribution in [1.82, 2.24) is 10.3 Å². The van der Waals surface area contributed by atoms with E-state index in [1.54, 1.807) is 17.0 Å². The van der Waals surface area contributed by atoms with E-state index in [0.29, 0.717) is 30.1 Å². The number of nitrogens with zero attached hydrogens (tertiary/aromatic N) is 2. The first kappa shape index (κ1) is 30.4. The Labute approximate surface area is 229 Å². The number of esters is 1. The number of carbonyl (C=O) groups is 2. The summed E-state index contributed by atoms with van der Waals surface area (Å²) in [6.45, 7) is 7.31. The Morgan fingerprint density at radius 3 is 2.16 bits per heavy atom. The molecule has 8 nitrogen and oxygen atoms in total. The van der Waals surface area contributed by atoms with Crippen LogP contribution in [0.2, 0.25) is 10.0 Å². The van der Waals surface area contributed by atoms with Crippen molar-refractivity contribution in [3.63, 3.8) is 0 Å². The highest BCUT2D eigenvalue weighted by molar-refractivity contribution is 6.30. The molecule has 2 aromatic rings. The summed E-state index contributed by atoms with van der Waals surface area (Å²) < 4.78 is 5.62. The zero-order valence-corrected chi connectivity index (χ0v) is 23.3. The molecule has 0 saturated carbocycles. The lowest BCUT2D eigenvalue weighted by atomic mass is 9.84. The van der Waals surface area contributed by atoms with Crippen LogP contribution in [0.25, 0.3) is 0 Å². The van der Waals surface area contributed by atoms with E-state index in [-0.39, 0.29) is 24.3 Å². The topological polar surface area (TPSA) is 123 Å². The fourth-order valence-electron chi connectivity index (χ4n) is 4.20. The maximum atomic E-state index is 13.5. The number of hydrogen-bond acceptors (Lipinski definition) is 6. The molecule has 0 aliphatic carbocycles. The van der Waals surface area contributed by atoms with Crippen molar-refractivity contribution in [3.05, 3.63) is 70.2 Å². The number of piperidine rings is 1. The van der Waals surface area contributed by atoms with Gasteiger partial charge in [0.1, 0.15) is 17.5 Å². The molecule has 10 heteroatoms. The lowest BCUT2D eigenvalue weighted by Gasteiger charge is -2.43. The van der Waals surface area contributed by atoms with Crippen LogP contribution in [-0.2, 0) is 14.3 Å². The summed E-state index contributed by atoms with van der Waals surface area (Å²) in [4.78, 5) is 28.2. The molecule has 5 N–H and O–H groups in total. The molecule has 0 spiro atoms. The second-order valence-electron chi connectivity index (χ2n) is 9.76. The molecular formula is C27H37Cl2N5O3. The Morgan fingerprint density at radius 1 is 1.11 bits per heavy atom. The molecule has 1 aliphatic rings. The van der Waals surface area contributed by atoms with Gasteiger partial charge in [0, 0.05) is 22.4 Å². The van der Waals surface area contributed by atoms with Crippen molar-refractivity contribution in [2.45, 2.75) is 71.1 Å². The number of hydrazone groups is 1. The Kier molecular flexibility index (Phi) is 11.7. The quantitative estimate of drug-likeness (QED) is 0.149. The lowest BCUT2D eigenvalue weighted by molar-refractivity contribution is -0.169. The third kappa shape index (κ3) is 9.22. The van der Waals surface area contributed by atoms with E-state index in [2.05, 4.69) is 10.5 Å². The maximum absolute atomic E-state index is 13.5. The van der Waals surface area contributed by atoms with Gasteiger partial charge in [-0.3, -0.25) is 4.79 Å². The van der Waals surface area contributed by atoms with Gasteiger partial charge in [-0.1, -0.05) is 60.5 Å². The minimum atomic E-state index is -0.704. The number of likely N-dealkylation sites (tertiary alicyclic amines) is 1. The van der Waals surface area contributed by atoms with Gasteiger partial charge in [-0.05, 0) is 69.9 Å². The van der Waals surface area contributed by atoms with Crippen LogP contribution in [0.5, 0.6) is 0 Å². The minimum Gasteiger partial charge on any atom is -0.458 e.